The molecular weight excluding hydrogens is 464 g/mol. The molecule has 1 aliphatic carbocycles. The zero-order chi connectivity index (χ0) is 21.6. The van der Waals surface area contributed by atoms with Crippen LogP contribution in [0.15, 0.2) is 15.9 Å². The van der Waals surface area contributed by atoms with Crippen LogP contribution in [0.5, 0.6) is 0 Å². The number of halogens is 1. The van der Waals surface area contributed by atoms with Crippen LogP contribution in [0.3, 0.4) is 0 Å². The van der Waals surface area contributed by atoms with Gasteiger partial charge in [0.1, 0.15) is 0 Å². The molecular formula is C19H25BrN2O6S. The Morgan fingerprint density at radius 1 is 1.21 bits per heavy atom. The second-order valence-corrected chi connectivity index (χ2v) is 9.50. The molecule has 2 amide bonds. The van der Waals surface area contributed by atoms with E-state index in [1.807, 2.05) is 0 Å². The van der Waals surface area contributed by atoms with Gasteiger partial charge in [0, 0.05) is 6.04 Å². The number of hydrazine groups is 1. The lowest BCUT2D eigenvalue weighted by atomic mass is 9.78. The third-order valence-electron chi connectivity index (χ3n) is 4.73. The van der Waals surface area contributed by atoms with E-state index in [0.29, 0.717) is 17.7 Å². The maximum atomic E-state index is 13.0. The number of carbonyl (C=O) groups excluding carboxylic acids is 4. The third kappa shape index (κ3) is 6.27. The van der Waals surface area contributed by atoms with Gasteiger partial charge in [-0.1, -0.05) is 12.8 Å². The van der Waals surface area contributed by atoms with E-state index < -0.39 is 23.9 Å². The van der Waals surface area contributed by atoms with E-state index in [1.54, 1.807) is 26.0 Å². The number of hydrogen-bond acceptors (Lipinski definition) is 7. The molecule has 1 aromatic rings. The molecule has 10 heteroatoms. The zero-order valence-corrected chi connectivity index (χ0v) is 19.0. The van der Waals surface area contributed by atoms with Crippen LogP contribution >= 0.6 is 27.3 Å². The standard InChI is InChI=1S/C19H25BrN2O6S/c1-11(2)22(21-19(26)27-3)17(24)12-6-4-5-7-13(12)18(25)28-10-14(23)15-8-9-16(20)29-15/h8-9,11-13H,4-7,10H2,1-3H3,(H,21,26)/t12?,13-/m0/s1. The van der Waals surface area contributed by atoms with Crippen molar-refractivity contribution in [1.29, 1.82) is 0 Å². The topological polar surface area (TPSA) is 102 Å². The molecule has 1 unspecified atom stereocenters. The molecule has 1 saturated carbocycles. The number of hydrogen-bond donors (Lipinski definition) is 1. The summed E-state index contributed by atoms with van der Waals surface area (Å²) in [7, 11) is 1.21. The van der Waals surface area contributed by atoms with Crippen molar-refractivity contribution in [1.82, 2.24) is 10.4 Å². The van der Waals surface area contributed by atoms with E-state index in [1.165, 1.54) is 23.5 Å². The van der Waals surface area contributed by atoms with Gasteiger partial charge in [-0.2, -0.15) is 0 Å². The van der Waals surface area contributed by atoms with Gasteiger partial charge < -0.3 is 9.47 Å². The molecule has 0 aliphatic heterocycles. The number of esters is 1. The average molecular weight is 489 g/mol. The molecule has 0 spiro atoms. The number of Topliss-reactive ketones (excluding diaryl/α,β-unsaturated/α-hetero) is 1. The highest BCUT2D eigenvalue weighted by Crippen LogP contribution is 2.33. The molecule has 2 rings (SSSR count). The van der Waals surface area contributed by atoms with Crippen molar-refractivity contribution in [2.45, 2.75) is 45.6 Å². The van der Waals surface area contributed by atoms with Crippen molar-refractivity contribution in [3.05, 3.63) is 20.8 Å². The van der Waals surface area contributed by atoms with Gasteiger partial charge in [0.2, 0.25) is 11.7 Å². The summed E-state index contributed by atoms with van der Waals surface area (Å²) in [6.45, 7) is 3.14. The average Bonchev–Trinajstić information content (AvgIpc) is 3.15. The van der Waals surface area contributed by atoms with Gasteiger partial charge in [-0.25, -0.2) is 15.2 Å². The maximum Gasteiger partial charge on any atom is 0.425 e. The first-order valence-corrected chi connectivity index (χ1v) is 11.0. The van der Waals surface area contributed by atoms with Crippen LogP contribution < -0.4 is 5.43 Å². The molecule has 2 atom stereocenters. The Labute approximate surface area is 182 Å². The third-order valence-corrected chi connectivity index (χ3v) is 6.40. The minimum Gasteiger partial charge on any atom is -0.457 e. The lowest BCUT2D eigenvalue weighted by molar-refractivity contribution is -0.158. The van der Waals surface area contributed by atoms with E-state index in [4.69, 9.17) is 4.74 Å². The highest BCUT2D eigenvalue weighted by molar-refractivity contribution is 9.11. The molecule has 0 aromatic carbocycles. The molecule has 1 N–H and O–H groups in total. The van der Waals surface area contributed by atoms with Gasteiger partial charge in [0.15, 0.2) is 6.61 Å². The molecule has 160 valence electrons. The SMILES string of the molecule is COC(=O)NN(C(=O)C1CCCC[C@@H]1C(=O)OCC(=O)c1ccc(Br)s1)C(C)C. The second-order valence-electron chi connectivity index (χ2n) is 7.04. The summed E-state index contributed by atoms with van der Waals surface area (Å²) in [5, 5.41) is 1.19. The van der Waals surface area contributed by atoms with Crippen molar-refractivity contribution in [3.8, 4) is 0 Å². The minimum atomic E-state index is -0.755. The smallest absolute Gasteiger partial charge is 0.425 e. The fourth-order valence-electron chi connectivity index (χ4n) is 3.25. The Balaban J connectivity index is 2.04. The van der Waals surface area contributed by atoms with Crippen LogP contribution in [0.2, 0.25) is 0 Å². The van der Waals surface area contributed by atoms with Gasteiger partial charge >= 0.3 is 12.1 Å². The van der Waals surface area contributed by atoms with Crippen molar-refractivity contribution in [2.24, 2.45) is 11.8 Å². The van der Waals surface area contributed by atoms with Crippen LogP contribution in [-0.4, -0.2) is 48.5 Å². The summed E-state index contributed by atoms with van der Waals surface area (Å²) < 4.78 is 10.6. The number of nitrogens with zero attached hydrogens (tertiary/aromatic N) is 1. The molecule has 1 aromatic heterocycles. The lowest BCUT2D eigenvalue weighted by Gasteiger charge is -2.35. The van der Waals surface area contributed by atoms with Crippen LogP contribution in [-0.2, 0) is 19.1 Å². The predicted molar refractivity (Wildman–Crippen MR) is 110 cm³/mol. The molecule has 29 heavy (non-hydrogen) atoms. The predicted octanol–water partition coefficient (Wildman–Crippen LogP) is 3.55. The first-order chi connectivity index (χ1) is 13.7. The van der Waals surface area contributed by atoms with Crippen molar-refractivity contribution >= 4 is 51.0 Å². The van der Waals surface area contributed by atoms with Crippen molar-refractivity contribution < 1.29 is 28.7 Å². The second kappa shape index (κ2) is 10.7. The first kappa shape index (κ1) is 23.3. The Morgan fingerprint density at radius 3 is 2.41 bits per heavy atom. The first-order valence-electron chi connectivity index (χ1n) is 9.37. The molecule has 1 fully saturated rings. The number of thiophene rings is 1. The summed E-state index contributed by atoms with van der Waals surface area (Å²) in [5.74, 6) is -2.49. The Morgan fingerprint density at radius 2 is 1.86 bits per heavy atom. The van der Waals surface area contributed by atoms with E-state index >= 15 is 0 Å². The van der Waals surface area contributed by atoms with Crippen LogP contribution in [0.4, 0.5) is 4.79 Å². The molecule has 1 heterocycles. The summed E-state index contributed by atoms with van der Waals surface area (Å²) in [6, 6.07) is 3.10. The van der Waals surface area contributed by atoms with Gasteiger partial charge in [-0.3, -0.25) is 14.4 Å². The number of ketones is 1. The fraction of sp³-hybridized carbons (Fsp3) is 0.579. The molecule has 1 aliphatic rings. The Hall–Kier alpha value is -1.94. The lowest BCUT2D eigenvalue weighted by Crippen LogP contribution is -2.54. The monoisotopic (exact) mass is 488 g/mol. The molecule has 0 radical (unpaired) electrons. The Bertz CT molecular complexity index is 766. The Kier molecular flexibility index (Phi) is 8.63. The van der Waals surface area contributed by atoms with Gasteiger partial charge in [0.05, 0.1) is 27.6 Å². The van der Waals surface area contributed by atoms with Gasteiger partial charge in [0.25, 0.3) is 0 Å². The maximum absolute atomic E-state index is 13.0. The number of carbonyl (C=O) groups is 4. The van der Waals surface area contributed by atoms with E-state index in [-0.39, 0.29) is 24.3 Å². The van der Waals surface area contributed by atoms with Crippen LogP contribution in [0, 0.1) is 11.8 Å². The minimum absolute atomic E-state index is 0.288. The number of amides is 2. The van der Waals surface area contributed by atoms with Crippen LogP contribution in [0.25, 0.3) is 0 Å². The van der Waals surface area contributed by atoms with Gasteiger partial charge in [-0.05, 0) is 54.8 Å². The largest absolute Gasteiger partial charge is 0.457 e. The number of ether oxygens (including phenoxy) is 2. The summed E-state index contributed by atoms with van der Waals surface area (Å²) in [6.07, 6.45) is 1.84. The zero-order valence-electron chi connectivity index (χ0n) is 16.6. The molecule has 0 bridgehead atoms. The van der Waals surface area contributed by atoms with E-state index in [2.05, 4.69) is 26.1 Å². The number of nitrogens with one attached hydrogen (secondary N) is 1. The summed E-state index contributed by atoms with van der Waals surface area (Å²) in [5.41, 5.74) is 2.41. The summed E-state index contributed by atoms with van der Waals surface area (Å²) >= 11 is 4.56. The quantitative estimate of drug-likeness (QED) is 0.373. The summed E-state index contributed by atoms with van der Waals surface area (Å²) in [4.78, 5) is 50.0. The fourth-order valence-corrected chi connectivity index (χ4v) is 4.56. The highest BCUT2D eigenvalue weighted by atomic mass is 79.9. The molecule has 8 nitrogen and oxygen atoms in total. The van der Waals surface area contributed by atoms with Crippen molar-refractivity contribution in [3.63, 3.8) is 0 Å². The van der Waals surface area contributed by atoms with Gasteiger partial charge in [-0.15, -0.1) is 11.3 Å². The number of rotatable bonds is 6. The van der Waals surface area contributed by atoms with Crippen molar-refractivity contribution in [2.75, 3.05) is 13.7 Å². The van der Waals surface area contributed by atoms with Crippen LogP contribution in [0.1, 0.15) is 49.2 Å². The van der Waals surface area contributed by atoms with E-state index in [9.17, 15) is 19.2 Å². The highest BCUT2D eigenvalue weighted by Gasteiger charge is 2.40. The normalized spacial score (nSPS) is 18.8. The van der Waals surface area contributed by atoms with E-state index in [0.717, 1.165) is 16.6 Å². The molecule has 0 saturated heterocycles. The number of methoxy groups -OCH3 is 1.